The predicted octanol–water partition coefficient (Wildman–Crippen LogP) is 1.26. The Morgan fingerprint density at radius 3 is 2.81 bits per heavy atom. The number of methoxy groups -OCH3 is 2. The van der Waals surface area contributed by atoms with Gasteiger partial charge < -0.3 is 19.4 Å². The Morgan fingerprint density at radius 1 is 1.44 bits per heavy atom. The van der Waals surface area contributed by atoms with E-state index in [1.54, 1.807) is 14.2 Å². The highest BCUT2D eigenvalue weighted by molar-refractivity contribution is 5.09. The molecular weight excluding hydrogens is 204 g/mol. The second kappa shape index (κ2) is 7.44. The van der Waals surface area contributed by atoms with Crippen LogP contribution in [0.1, 0.15) is 12.5 Å². The highest BCUT2D eigenvalue weighted by Crippen LogP contribution is 2.00. The van der Waals surface area contributed by atoms with E-state index < -0.39 is 0 Å². The van der Waals surface area contributed by atoms with Gasteiger partial charge in [-0.25, -0.2) is 0 Å². The van der Waals surface area contributed by atoms with Crippen LogP contribution in [-0.2, 0) is 22.6 Å². The molecule has 1 heterocycles. The number of aromatic nitrogens is 1. The molecule has 92 valence electrons. The molecule has 4 nitrogen and oxygen atoms in total. The lowest BCUT2D eigenvalue weighted by Crippen LogP contribution is -2.31. The molecule has 1 aromatic heterocycles. The van der Waals surface area contributed by atoms with Crippen LogP contribution in [0.3, 0.4) is 0 Å². The van der Waals surface area contributed by atoms with E-state index in [9.17, 15) is 0 Å². The van der Waals surface area contributed by atoms with E-state index in [1.807, 2.05) is 0 Å². The maximum atomic E-state index is 5.26. The van der Waals surface area contributed by atoms with Crippen LogP contribution < -0.4 is 5.32 Å². The SMILES string of the molecule is CCn1ccc(CNCC(COC)OC)c1. The average molecular weight is 226 g/mol. The first-order valence-electron chi connectivity index (χ1n) is 5.67. The summed E-state index contributed by atoms with van der Waals surface area (Å²) in [5.74, 6) is 0. The van der Waals surface area contributed by atoms with E-state index in [-0.39, 0.29) is 6.10 Å². The number of nitrogens with one attached hydrogen (secondary N) is 1. The van der Waals surface area contributed by atoms with E-state index >= 15 is 0 Å². The van der Waals surface area contributed by atoms with Gasteiger partial charge in [-0.05, 0) is 18.6 Å². The zero-order valence-corrected chi connectivity index (χ0v) is 10.4. The van der Waals surface area contributed by atoms with Gasteiger partial charge in [-0.1, -0.05) is 0 Å². The van der Waals surface area contributed by atoms with Crippen molar-refractivity contribution in [3.8, 4) is 0 Å². The number of aryl methyl sites for hydroxylation is 1. The summed E-state index contributed by atoms with van der Waals surface area (Å²) in [5, 5.41) is 3.36. The molecule has 1 rings (SSSR count). The van der Waals surface area contributed by atoms with Crippen LogP contribution in [0.25, 0.3) is 0 Å². The van der Waals surface area contributed by atoms with Crippen molar-refractivity contribution >= 4 is 0 Å². The molecule has 0 saturated heterocycles. The zero-order valence-electron chi connectivity index (χ0n) is 10.4. The fraction of sp³-hybridized carbons (Fsp3) is 0.667. The highest BCUT2D eigenvalue weighted by Gasteiger charge is 2.05. The van der Waals surface area contributed by atoms with Crippen LogP contribution in [0, 0.1) is 0 Å². The molecular formula is C12H22N2O2. The quantitative estimate of drug-likeness (QED) is 0.725. The van der Waals surface area contributed by atoms with Gasteiger partial charge in [-0.15, -0.1) is 0 Å². The minimum Gasteiger partial charge on any atom is -0.382 e. The lowest BCUT2D eigenvalue weighted by molar-refractivity contribution is 0.0288. The summed E-state index contributed by atoms with van der Waals surface area (Å²) in [4.78, 5) is 0. The van der Waals surface area contributed by atoms with Gasteiger partial charge in [0.05, 0.1) is 12.7 Å². The molecule has 0 aliphatic carbocycles. The summed E-state index contributed by atoms with van der Waals surface area (Å²) < 4.78 is 12.5. The molecule has 0 saturated carbocycles. The van der Waals surface area contributed by atoms with Gasteiger partial charge in [0, 0.05) is 46.2 Å². The van der Waals surface area contributed by atoms with Crippen molar-refractivity contribution in [3.05, 3.63) is 24.0 Å². The Morgan fingerprint density at radius 2 is 2.25 bits per heavy atom. The lowest BCUT2D eigenvalue weighted by Gasteiger charge is -2.14. The van der Waals surface area contributed by atoms with Crippen LogP contribution in [-0.4, -0.2) is 38.0 Å². The summed E-state index contributed by atoms with van der Waals surface area (Å²) in [5.41, 5.74) is 1.30. The third kappa shape index (κ3) is 4.35. The predicted molar refractivity (Wildman–Crippen MR) is 64.5 cm³/mol. The van der Waals surface area contributed by atoms with Crippen LogP contribution in [0.2, 0.25) is 0 Å². The lowest BCUT2D eigenvalue weighted by atomic mass is 10.3. The topological polar surface area (TPSA) is 35.4 Å². The minimum atomic E-state index is 0.123. The molecule has 0 bridgehead atoms. The van der Waals surface area contributed by atoms with Crippen molar-refractivity contribution in [2.24, 2.45) is 0 Å². The fourth-order valence-corrected chi connectivity index (χ4v) is 1.57. The maximum absolute atomic E-state index is 5.26. The molecule has 0 amide bonds. The molecule has 0 fully saturated rings. The van der Waals surface area contributed by atoms with Gasteiger partial charge in [0.1, 0.15) is 0 Å². The molecule has 1 aromatic rings. The highest BCUT2D eigenvalue weighted by atomic mass is 16.5. The average Bonchev–Trinajstić information content (AvgIpc) is 2.76. The molecule has 0 aromatic carbocycles. The number of hydrogen-bond donors (Lipinski definition) is 1. The van der Waals surface area contributed by atoms with E-state index in [2.05, 4.69) is 35.3 Å². The molecule has 0 aliphatic rings. The van der Waals surface area contributed by atoms with Crippen LogP contribution >= 0.6 is 0 Å². The summed E-state index contributed by atoms with van der Waals surface area (Å²) in [7, 11) is 3.40. The molecule has 1 atom stereocenters. The van der Waals surface area contributed by atoms with Gasteiger partial charge in [0.15, 0.2) is 0 Å². The van der Waals surface area contributed by atoms with Gasteiger partial charge in [0.25, 0.3) is 0 Å². The van der Waals surface area contributed by atoms with E-state index in [0.717, 1.165) is 19.6 Å². The van der Waals surface area contributed by atoms with Gasteiger partial charge in [-0.3, -0.25) is 0 Å². The molecule has 0 aliphatic heterocycles. The Balaban J connectivity index is 2.23. The summed E-state index contributed by atoms with van der Waals surface area (Å²) in [6.07, 6.45) is 4.38. The minimum absolute atomic E-state index is 0.123. The Hall–Kier alpha value is -0.840. The van der Waals surface area contributed by atoms with Crippen molar-refractivity contribution in [3.63, 3.8) is 0 Å². The largest absolute Gasteiger partial charge is 0.382 e. The van der Waals surface area contributed by atoms with Crippen molar-refractivity contribution in [2.45, 2.75) is 26.1 Å². The van der Waals surface area contributed by atoms with Crippen molar-refractivity contribution in [1.29, 1.82) is 0 Å². The van der Waals surface area contributed by atoms with E-state index in [0.29, 0.717) is 6.61 Å². The summed E-state index contributed by atoms with van der Waals surface area (Å²) in [6, 6.07) is 2.13. The first-order valence-corrected chi connectivity index (χ1v) is 5.67. The molecule has 0 spiro atoms. The van der Waals surface area contributed by atoms with Crippen LogP contribution in [0.15, 0.2) is 18.5 Å². The first kappa shape index (κ1) is 13.2. The number of ether oxygens (including phenoxy) is 2. The third-order valence-corrected chi connectivity index (χ3v) is 2.56. The zero-order chi connectivity index (χ0) is 11.8. The van der Waals surface area contributed by atoms with Gasteiger partial charge >= 0.3 is 0 Å². The van der Waals surface area contributed by atoms with Crippen LogP contribution in [0.5, 0.6) is 0 Å². The fourth-order valence-electron chi connectivity index (χ4n) is 1.57. The summed E-state index contributed by atoms with van der Waals surface area (Å²) in [6.45, 7) is 5.46. The van der Waals surface area contributed by atoms with E-state index in [4.69, 9.17) is 9.47 Å². The standard InChI is InChI=1S/C12H22N2O2/c1-4-14-6-5-11(9-14)7-13-8-12(16-3)10-15-2/h5-6,9,12-13H,4,7-8,10H2,1-3H3. The summed E-state index contributed by atoms with van der Waals surface area (Å²) >= 11 is 0. The molecule has 16 heavy (non-hydrogen) atoms. The second-order valence-electron chi connectivity index (χ2n) is 3.79. The number of rotatable bonds is 8. The van der Waals surface area contributed by atoms with Gasteiger partial charge in [0.2, 0.25) is 0 Å². The van der Waals surface area contributed by atoms with Gasteiger partial charge in [-0.2, -0.15) is 0 Å². The number of nitrogens with zero attached hydrogens (tertiary/aromatic N) is 1. The first-order chi connectivity index (χ1) is 7.80. The number of hydrogen-bond acceptors (Lipinski definition) is 3. The molecule has 0 radical (unpaired) electrons. The maximum Gasteiger partial charge on any atom is 0.0928 e. The van der Waals surface area contributed by atoms with Crippen molar-refractivity contribution in [2.75, 3.05) is 27.4 Å². The molecule has 1 unspecified atom stereocenters. The monoisotopic (exact) mass is 226 g/mol. The van der Waals surface area contributed by atoms with Crippen LogP contribution in [0.4, 0.5) is 0 Å². The third-order valence-electron chi connectivity index (χ3n) is 2.56. The molecule has 4 heteroatoms. The Bertz CT molecular complexity index is 286. The molecule has 1 N–H and O–H groups in total. The smallest absolute Gasteiger partial charge is 0.0928 e. The Labute approximate surface area is 97.5 Å². The van der Waals surface area contributed by atoms with E-state index in [1.165, 1.54) is 5.56 Å². The van der Waals surface area contributed by atoms with Crippen molar-refractivity contribution in [1.82, 2.24) is 9.88 Å². The Kier molecular flexibility index (Phi) is 6.15. The van der Waals surface area contributed by atoms with Crippen molar-refractivity contribution < 1.29 is 9.47 Å². The normalized spacial score (nSPS) is 12.9. The second-order valence-corrected chi connectivity index (χ2v) is 3.79.